The molecule has 1 fully saturated rings. The average Bonchev–Trinajstić information content (AvgIpc) is 3.30. The molecule has 0 bridgehead atoms. The highest BCUT2D eigenvalue weighted by molar-refractivity contribution is 8.77. The molecule has 0 radical (unpaired) electrons. The zero-order valence-corrected chi connectivity index (χ0v) is 23.0. The van der Waals surface area contributed by atoms with Crippen LogP contribution in [0.1, 0.15) is 122 Å². The smallest absolute Gasteiger partial charge is 0.336 e. The number of unbranched alkanes of at least 4 members (excludes halogenated alkanes) is 10. The molecule has 0 spiro atoms. The fourth-order valence-electron chi connectivity index (χ4n) is 4.36. The van der Waals surface area contributed by atoms with Gasteiger partial charge in [-0.2, -0.15) is 0 Å². The van der Waals surface area contributed by atoms with Crippen LogP contribution in [-0.4, -0.2) is 55.9 Å². The Kier molecular flexibility index (Phi) is 17.6. The molecule has 0 aromatic heterocycles. The summed E-state index contributed by atoms with van der Waals surface area (Å²) in [6.07, 6.45) is 15.6. The molecule has 0 saturated carbocycles. The van der Waals surface area contributed by atoms with Crippen LogP contribution in [0.15, 0.2) is 0 Å². The summed E-state index contributed by atoms with van der Waals surface area (Å²) in [5.74, 6) is -2.82. The van der Waals surface area contributed by atoms with Crippen molar-refractivity contribution in [3.8, 4) is 0 Å². The van der Waals surface area contributed by atoms with Gasteiger partial charge in [-0.1, -0.05) is 92.7 Å². The van der Waals surface area contributed by atoms with Crippen molar-refractivity contribution < 1.29 is 34.4 Å². The molecule has 1 aliphatic rings. The van der Waals surface area contributed by atoms with Gasteiger partial charge in [-0.05, 0) is 38.5 Å². The number of hydrogen-bond donors (Lipinski definition) is 3. The van der Waals surface area contributed by atoms with Crippen molar-refractivity contribution in [1.29, 1.82) is 0 Å². The van der Waals surface area contributed by atoms with Gasteiger partial charge in [-0.25, -0.2) is 4.79 Å². The quantitative estimate of drug-likeness (QED) is 0.0800. The minimum atomic E-state index is -2.65. The van der Waals surface area contributed by atoms with Gasteiger partial charge in [0.05, 0.1) is 12.8 Å². The molecular formula is C26H46O7S2. The minimum absolute atomic E-state index is 0.327. The molecule has 0 amide bonds. The molecule has 7 nitrogen and oxygen atoms in total. The Hall–Kier alpha value is -0.930. The number of ether oxygens (including phenoxy) is 1. The number of esters is 1. The highest BCUT2D eigenvalue weighted by Crippen LogP contribution is 2.40. The second-order valence-electron chi connectivity index (χ2n) is 9.78. The van der Waals surface area contributed by atoms with Gasteiger partial charge >= 0.3 is 17.9 Å². The summed E-state index contributed by atoms with van der Waals surface area (Å²) in [7, 11) is 3.93. The van der Waals surface area contributed by atoms with Gasteiger partial charge < -0.3 is 20.1 Å². The summed E-state index contributed by atoms with van der Waals surface area (Å²) in [4.78, 5) is 34.7. The third-order valence-corrected chi connectivity index (χ3v) is 9.49. The lowest BCUT2D eigenvalue weighted by Gasteiger charge is -2.23. The summed E-state index contributed by atoms with van der Waals surface area (Å²) in [6, 6.07) is 0. The van der Waals surface area contributed by atoms with Crippen LogP contribution < -0.4 is 0 Å². The Morgan fingerprint density at radius 1 is 0.886 bits per heavy atom. The molecule has 1 saturated heterocycles. The monoisotopic (exact) mass is 534 g/mol. The maximum absolute atomic E-state index is 12.4. The van der Waals surface area contributed by atoms with Gasteiger partial charge in [0.15, 0.2) is 5.60 Å². The summed E-state index contributed by atoms with van der Waals surface area (Å²) in [5, 5.41) is 29.0. The molecule has 35 heavy (non-hydrogen) atoms. The maximum atomic E-state index is 12.4. The molecule has 9 heteroatoms. The Morgan fingerprint density at radius 2 is 1.46 bits per heavy atom. The Balaban J connectivity index is 2.44. The second kappa shape index (κ2) is 19.2. The maximum Gasteiger partial charge on any atom is 0.336 e. The van der Waals surface area contributed by atoms with Crippen molar-refractivity contribution in [2.75, 3.05) is 5.75 Å². The van der Waals surface area contributed by atoms with Crippen LogP contribution in [0.4, 0.5) is 0 Å². The number of carboxylic acids is 2. The third-order valence-electron chi connectivity index (χ3n) is 6.49. The molecule has 3 atom stereocenters. The molecular weight excluding hydrogens is 488 g/mol. The van der Waals surface area contributed by atoms with Crippen LogP contribution in [-0.2, 0) is 19.1 Å². The van der Waals surface area contributed by atoms with Crippen LogP contribution in [0.25, 0.3) is 0 Å². The average molecular weight is 535 g/mol. The van der Waals surface area contributed by atoms with Gasteiger partial charge in [-0.15, -0.1) is 0 Å². The lowest BCUT2D eigenvalue weighted by molar-refractivity contribution is -0.173. The molecule has 3 N–H and O–H groups in total. The van der Waals surface area contributed by atoms with E-state index in [4.69, 9.17) is 9.84 Å². The fraction of sp³-hybridized carbons (Fsp3) is 0.885. The number of carbonyl (C=O) groups excluding carboxylic acids is 1. The SMILES string of the molecule is CCCCCCCCCCCC(CCCCCC1CCSS1)OC(=O)CC(O)(CC(=O)O)C(=O)O. The minimum Gasteiger partial charge on any atom is -0.481 e. The van der Waals surface area contributed by atoms with Crippen LogP contribution in [0.2, 0.25) is 0 Å². The molecule has 1 aliphatic heterocycles. The normalized spacial score (nSPS) is 18.2. The molecule has 204 valence electrons. The van der Waals surface area contributed by atoms with Crippen molar-refractivity contribution in [2.24, 2.45) is 0 Å². The first-order chi connectivity index (χ1) is 16.8. The number of carbonyl (C=O) groups is 3. The van der Waals surface area contributed by atoms with Gasteiger partial charge in [0.25, 0.3) is 0 Å². The van der Waals surface area contributed by atoms with Gasteiger partial charge in [0, 0.05) is 11.0 Å². The van der Waals surface area contributed by atoms with E-state index in [-0.39, 0.29) is 6.10 Å². The van der Waals surface area contributed by atoms with E-state index < -0.39 is 36.4 Å². The summed E-state index contributed by atoms with van der Waals surface area (Å²) >= 11 is 0. The van der Waals surface area contributed by atoms with E-state index in [1.807, 2.05) is 21.6 Å². The van der Waals surface area contributed by atoms with E-state index in [9.17, 15) is 24.6 Å². The van der Waals surface area contributed by atoms with Crippen LogP contribution in [0.5, 0.6) is 0 Å². The molecule has 3 unspecified atom stereocenters. The van der Waals surface area contributed by atoms with E-state index in [2.05, 4.69) is 6.92 Å². The summed E-state index contributed by atoms with van der Waals surface area (Å²) in [6.45, 7) is 2.21. The highest BCUT2D eigenvalue weighted by Gasteiger charge is 2.41. The predicted molar refractivity (Wildman–Crippen MR) is 143 cm³/mol. The number of rotatable bonds is 22. The van der Waals surface area contributed by atoms with Gasteiger partial charge in [-0.3, -0.25) is 9.59 Å². The largest absolute Gasteiger partial charge is 0.481 e. The highest BCUT2D eigenvalue weighted by atomic mass is 33.1. The predicted octanol–water partition coefficient (Wildman–Crippen LogP) is 6.60. The first-order valence-corrected chi connectivity index (χ1v) is 15.8. The van der Waals surface area contributed by atoms with Crippen LogP contribution in [0, 0.1) is 0 Å². The first kappa shape index (κ1) is 32.1. The Labute approximate surface area is 218 Å². The van der Waals surface area contributed by atoms with Crippen LogP contribution in [0.3, 0.4) is 0 Å². The molecule has 0 aliphatic carbocycles. The molecule has 0 aromatic carbocycles. The van der Waals surface area contributed by atoms with E-state index >= 15 is 0 Å². The number of hydrogen-bond acceptors (Lipinski definition) is 7. The van der Waals surface area contributed by atoms with Gasteiger partial charge in [0.2, 0.25) is 0 Å². The first-order valence-electron chi connectivity index (χ1n) is 13.4. The lowest BCUT2D eigenvalue weighted by Crippen LogP contribution is -2.43. The fourth-order valence-corrected chi connectivity index (χ4v) is 7.39. The van der Waals surface area contributed by atoms with Crippen LogP contribution >= 0.6 is 21.6 Å². The number of carboxylic acid groups (broad SMARTS) is 2. The van der Waals surface area contributed by atoms with Crippen molar-refractivity contribution >= 4 is 39.5 Å². The van der Waals surface area contributed by atoms with Crippen molar-refractivity contribution in [3.05, 3.63) is 0 Å². The molecule has 1 rings (SSSR count). The zero-order chi connectivity index (χ0) is 25.9. The van der Waals surface area contributed by atoms with E-state index in [0.29, 0.717) is 12.8 Å². The zero-order valence-electron chi connectivity index (χ0n) is 21.4. The molecule has 1 heterocycles. The molecule has 0 aromatic rings. The van der Waals surface area contributed by atoms with E-state index in [1.165, 1.54) is 57.1 Å². The second-order valence-corrected chi connectivity index (χ2v) is 12.6. The summed E-state index contributed by atoms with van der Waals surface area (Å²) < 4.78 is 5.57. The van der Waals surface area contributed by atoms with E-state index in [0.717, 1.165) is 43.8 Å². The lowest BCUT2D eigenvalue weighted by atomic mass is 9.95. The third kappa shape index (κ3) is 15.7. The Morgan fingerprint density at radius 3 is 1.97 bits per heavy atom. The van der Waals surface area contributed by atoms with E-state index in [1.54, 1.807) is 0 Å². The van der Waals surface area contributed by atoms with Gasteiger partial charge in [0.1, 0.15) is 6.10 Å². The standard InChI is InChI=1S/C26H46O7S2/c1-2-3-4-5-6-7-8-9-11-14-21(15-12-10-13-16-22-17-18-34-35-22)33-24(29)20-26(32,25(30)31)19-23(27)28/h21-22,32H,2-20H2,1H3,(H,27,28)(H,30,31). The number of aliphatic hydroxyl groups is 1. The Bertz CT molecular complexity index is 611. The van der Waals surface area contributed by atoms with Crippen molar-refractivity contribution in [2.45, 2.75) is 139 Å². The summed E-state index contributed by atoms with van der Waals surface area (Å²) in [5.41, 5.74) is -2.65. The number of aliphatic carboxylic acids is 2. The topological polar surface area (TPSA) is 121 Å². The van der Waals surface area contributed by atoms with Crippen molar-refractivity contribution in [1.82, 2.24) is 0 Å². The van der Waals surface area contributed by atoms with Crippen molar-refractivity contribution in [3.63, 3.8) is 0 Å².